The molecule has 0 aromatic rings. The number of carbonyl (C=O) groups is 2. The summed E-state index contributed by atoms with van der Waals surface area (Å²) in [5, 5.41) is 18.3. The molecule has 2 unspecified atom stereocenters. The topological polar surface area (TPSA) is 74.6 Å². The normalized spacial score (nSPS) is 34.0. The van der Waals surface area contributed by atoms with E-state index in [1.165, 1.54) is 12.2 Å². The van der Waals surface area contributed by atoms with Crippen LogP contribution in [-0.4, -0.2) is 30.8 Å². The number of rotatable bonds is 2. The van der Waals surface area contributed by atoms with E-state index in [2.05, 4.69) is 63.7 Å². The van der Waals surface area contributed by atoms with Gasteiger partial charge in [-0.1, -0.05) is 31.9 Å². The number of hydrogen-bond donors (Lipinski definition) is 2. The Balaban J connectivity index is 3.48. The van der Waals surface area contributed by atoms with E-state index < -0.39 is 20.6 Å². The van der Waals surface area contributed by atoms with Gasteiger partial charge in [0.05, 0.1) is 0 Å². The summed E-state index contributed by atoms with van der Waals surface area (Å²) in [5.41, 5.74) is 0. The van der Waals surface area contributed by atoms with E-state index in [9.17, 15) is 9.59 Å². The lowest BCUT2D eigenvalue weighted by molar-refractivity contribution is -0.146. The van der Waals surface area contributed by atoms with E-state index >= 15 is 0 Å². The van der Waals surface area contributed by atoms with Crippen molar-refractivity contribution < 1.29 is 19.8 Å². The van der Waals surface area contributed by atoms with E-state index in [4.69, 9.17) is 10.2 Å². The van der Waals surface area contributed by atoms with Crippen LogP contribution in [0.5, 0.6) is 0 Å². The van der Waals surface area contributed by atoms with Gasteiger partial charge in [-0.05, 0) is 44.0 Å². The summed E-state index contributed by atoms with van der Waals surface area (Å²) in [4.78, 5) is 22.4. The van der Waals surface area contributed by atoms with Gasteiger partial charge in [-0.25, -0.2) is 0 Å². The summed E-state index contributed by atoms with van der Waals surface area (Å²) >= 11 is 12.2. The molecule has 0 heterocycles. The molecule has 4 nitrogen and oxygen atoms in total. The summed E-state index contributed by atoms with van der Waals surface area (Å²) in [7, 11) is 0. The molecule has 1 aliphatic carbocycles. The molecule has 0 radical (unpaired) electrons. The van der Waals surface area contributed by atoms with Crippen LogP contribution in [-0.2, 0) is 9.59 Å². The molecule has 0 spiro atoms. The molecule has 0 aliphatic heterocycles. The van der Waals surface area contributed by atoms with Crippen molar-refractivity contribution in [2.75, 3.05) is 0 Å². The van der Waals surface area contributed by atoms with Crippen molar-refractivity contribution in [3.63, 3.8) is 0 Å². The van der Waals surface area contributed by atoms with Crippen molar-refractivity contribution >= 4 is 75.7 Å². The number of halogens is 4. The molecule has 1 rings (SSSR count). The fourth-order valence-electron chi connectivity index (χ4n) is 1.13. The zero-order chi connectivity index (χ0) is 12.7. The van der Waals surface area contributed by atoms with Crippen LogP contribution in [0.2, 0.25) is 0 Å². The van der Waals surface area contributed by atoms with Crippen LogP contribution in [0.15, 0.2) is 21.1 Å². The Morgan fingerprint density at radius 2 is 1.19 bits per heavy atom. The highest BCUT2D eigenvalue weighted by Gasteiger charge is 2.59. The number of carboxylic acid groups (broad SMARTS) is 2. The summed E-state index contributed by atoms with van der Waals surface area (Å²) < 4.78 is -2.60. The summed E-state index contributed by atoms with van der Waals surface area (Å²) in [6.45, 7) is 0. The lowest BCUT2D eigenvalue weighted by atomic mass is 9.88. The van der Waals surface area contributed by atoms with Crippen LogP contribution < -0.4 is 0 Å². The van der Waals surface area contributed by atoms with Gasteiger partial charge in [-0.3, -0.25) is 9.59 Å². The minimum Gasteiger partial charge on any atom is -0.480 e. The Kier molecular flexibility index (Phi) is 4.09. The molecule has 1 aliphatic rings. The van der Waals surface area contributed by atoms with Crippen LogP contribution in [0.1, 0.15) is 0 Å². The first-order valence-electron chi connectivity index (χ1n) is 3.77. The quantitative estimate of drug-likeness (QED) is 0.592. The molecule has 0 aromatic carbocycles. The highest BCUT2D eigenvalue weighted by molar-refractivity contribution is 9.15. The molecule has 0 saturated heterocycles. The fourth-order valence-corrected chi connectivity index (χ4v) is 3.69. The number of aliphatic carboxylic acids is 2. The van der Waals surface area contributed by atoms with Crippen LogP contribution in [0.4, 0.5) is 0 Å². The predicted molar refractivity (Wildman–Crippen MR) is 72.6 cm³/mol. The molecule has 0 bridgehead atoms. The van der Waals surface area contributed by atoms with E-state index in [0.29, 0.717) is 8.96 Å². The van der Waals surface area contributed by atoms with Gasteiger partial charge in [0.1, 0.15) is 0 Å². The highest BCUT2D eigenvalue weighted by atomic mass is 79.9. The molecular weight excluding hydrogens is 480 g/mol. The summed E-state index contributed by atoms with van der Waals surface area (Å²) in [6, 6.07) is 0. The Hall–Kier alpha value is 0.340. The first-order valence-corrected chi connectivity index (χ1v) is 6.94. The van der Waals surface area contributed by atoms with Gasteiger partial charge in [0.15, 0.2) is 8.65 Å². The lowest BCUT2D eigenvalue weighted by Crippen LogP contribution is -2.54. The zero-order valence-electron chi connectivity index (χ0n) is 7.38. The maximum atomic E-state index is 11.2. The Labute approximate surface area is 124 Å². The zero-order valence-corrected chi connectivity index (χ0v) is 13.7. The van der Waals surface area contributed by atoms with Crippen LogP contribution in [0.25, 0.3) is 0 Å². The van der Waals surface area contributed by atoms with E-state index in [0.717, 1.165) is 0 Å². The molecule has 0 aromatic heterocycles. The third-order valence-electron chi connectivity index (χ3n) is 2.03. The molecule has 0 saturated carbocycles. The van der Waals surface area contributed by atoms with E-state index in [1.807, 2.05) is 0 Å². The average Bonchev–Trinajstić information content (AvgIpc) is 2.14. The van der Waals surface area contributed by atoms with Crippen molar-refractivity contribution in [2.45, 2.75) is 8.65 Å². The number of carboxylic acids is 2. The number of hydrogen-bond acceptors (Lipinski definition) is 2. The molecule has 8 heteroatoms. The molecule has 0 fully saturated rings. The monoisotopic (exact) mass is 480 g/mol. The first-order chi connectivity index (χ1) is 7.15. The summed E-state index contributed by atoms with van der Waals surface area (Å²) in [6.07, 6.45) is 2.53. The van der Waals surface area contributed by atoms with Crippen LogP contribution in [0.3, 0.4) is 0 Å². The maximum absolute atomic E-state index is 11.2. The molecule has 2 N–H and O–H groups in total. The van der Waals surface area contributed by atoms with Gasteiger partial charge < -0.3 is 10.2 Å². The Morgan fingerprint density at radius 1 is 0.938 bits per heavy atom. The Morgan fingerprint density at radius 3 is 1.38 bits per heavy atom. The van der Waals surface area contributed by atoms with E-state index in [-0.39, 0.29) is 0 Å². The Bertz CT molecular complexity index is 390. The van der Waals surface area contributed by atoms with E-state index in [1.54, 1.807) is 0 Å². The molecule has 2 atom stereocenters. The molecule has 0 amide bonds. The first kappa shape index (κ1) is 14.4. The SMILES string of the molecule is O=C(O)C1(Br)C=C(Br)C(Br)=CC1(Br)C(=O)O. The van der Waals surface area contributed by atoms with Gasteiger partial charge in [-0.15, -0.1) is 0 Å². The third kappa shape index (κ3) is 2.04. The lowest BCUT2D eigenvalue weighted by Gasteiger charge is -2.35. The van der Waals surface area contributed by atoms with Gasteiger partial charge in [0.2, 0.25) is 0 Å². The predicted octanol–water partition coefficient (Wildman–Crippen LogP) is 2.99. The second-order valence-electron chi connectivity index (χ2n) is 3.02. The molecule has 88 valence electrons. The standard InChI is InChI=1S/C8H4Br4O4/c9-3-1-7(11,5(13)14)8(12,6(15)16)2-4(3)10/h1-2H,(H,13,14)(H,15,16). The van der Waals surface area contributed by atoms with Crippen molar-refractivity contribution in [2.24, 2.45) is 0 Å². The van der Waals surface area contributed by atoms with Crippen molar-refractivity contribution in [3.8, 4) is 0 Å². The van der Waals surface area contributed by atoms with Crippen molar-refractivity contribution in [1.29, 1.82) is 0 Å². The second-order valence-corrected chi connectivity index (χ2v) is 7.23. The third-order valence-corrected chi connectivity index (χ3v) is 6.79. The van der Waals surface area contributed by atoms with Gasteiger partial charge in [0, 0.05) is 8.96 Å². The number of alkyl halides is 2. The summed E-state index contributed by atoms with van der Waals surface area (Å²) in [5.74, 6) is -2.61. The minimum absolute atomic E-state index is 0.461. The van der Waals surface area contributed by atoms with Crippen molar-refractivity contribution in [1.82, 2.24) is 0 Å². The fraction of sp³-hybridized carbons (Fsp3) is 0.250. The van der Waals surface area contributed by atoms with Gasteiger partial charge in [-0.2, -0.15) is 0 Å². The van der Waals surface area contributed by atoms with Crippen LogP contribution in [0, 0.1) is 0 Å². The van der Waals surface area contributed by atoms with Gasteiger partial charge >= 0.3 is 11.9 Å². The maximum Gasteiger partial charge on any atom is 0.326 e. The van der Waals surface area contributed by atoms with Gasteiger partial charge in [0.25, 0.3) is 0 Å². The minimum atomic E-state index is -1.76. The van der Waals surface area contributed by atoms with Crippen LogP contribution >= 0.6 is 63.7 Å². The largest absolute Gasteiger partial charge is 0.480 e. The average molecular weight is 484 g/mol. The molecule has 16 heavy (non-hydrogen) atoms. The molecular formula is C8H4Br4O4. The highest BCUT2D eigenvalue weighted by Crippen LogP contribution is 2.49. The second kappa shape index (κ2) is 4.55. The number of allylic oxidation sites excluding steroid dienone is 2. The van der Waals surface area contributed by atoms with Crippen molar-refractivity contribution in [3.05, 3.63) is 21.1 Å². The smallest absolute Gasteiger partial charge is 0.326 e.